The Hall–Kier alpha value is -1.61. The third-order valence-electron chi connectivity index (χ3n) is 3.62. The Balaban J connectivity index is 0.00000118. The van der Waals surface area contributed by atoms with Gasteiger partial charge in [-0.3, -0.25) is 0 Å². The summed E-state index contributed by atoms with van der Waals surface area (Å²) in [4.78, 5) is 11.3. The van der Waals surface area contributed by atoms with Crippen molar-refractivity contribution in [1.29, 1.82) is 0 Å². The molecule has 1 rings (SSSR count). The molecule has 0 saturated heterocycles. The molecule has 0 amide bonds. The number of aliphatic hydroxyl groups is 1. The van der Waals surface area contributed by atoms with Gasteiger partial charge in [-0.2, -0.15) is 0 Å². The summed E-state index contributed by atoms with van der Waals surface area (Å²) in [5, 5.41) is 7.88. The minimum absolute atomic E-state index is 0.319. The first-order valence-electron chi connectivity index (χ1n) is 9.22. The molecule has 0 aliphatic heterocycles. The average Bonchev–Trinajstić information content (AvgIpc) is 2.62. The first-order valence-corrected chi connectivity index (χ1v) is 9.22. The topological polar surface area (TPSA) is 46.5 Å². The molecule has 3 heteroatoms. The Morgan fingerprint density at radius 3 is 2.21 bits per heavy atom. The number of esters is 1. The summed E-state index contributed by atoms with van der Waals surface area (Å²) >= 11 is 0. The highest BCUT2D eigenvalue weighted by atomic mass is 16.5. The lowest BCUT2D eigenvalue weighted by Crippen LogP contribution is -2.05. The Kier molecular flexibility index (Phi) is 15.2. The second kappa shape index (κ2) is 16.3. The largest absolute Gasteiger partial charge is 0.423 e. The smallest absolute Gasteiger partial charge is 0.335 e. The predicted molar refractivity (Wildman–Crippen MR) is 101 cm³/mol. The van der Waals surface area contributed by atoms with Gasteiger partial charge in [-0.05, 0) is 30.9 Å². The van der Waals surface area contributed by atoms with Gasteiger partial charge in [0.15, 0.2) is 0 Å². The fourth-order valence-corrected chi connectivity index (χ4v) is 2.23. The van der Waals surface area contributed by atoms with Gasteiger partial charge < -0.3 is 9.84 Å². The Labute approximate surface area is 147 Å². The summed E-state index contributed by atoms with van der Waals surface area (Å²) in [7, 11) is 0. The zero-order valence-electron chi connectivity index (χ0n) is 15.4. The van der Waals surface area contributed by atoms with E-state index in [1.165, 1.54) is 44.6 Å². The molecule has 0 spiro atoms. The average molecular weight is 335 g/mol. The molecule has 0 aliphatic carbocycles. The molecule has 1 N–H and O–H groups in total. The molecule has 0 saturated carbocycles. The molecule has 1 aromatic carbocycles. The van der Waals surface area contributed by atoms with Crippen molar-refractivity contribution in [1.82, 2.24) is 0 Å². The van der Waals surface area contributed by atoms with Crippen molar-refractivity contribution in [3.8, 4) is 5.75 Å². The highest BCUT2D eigenvalue weighted by Gasteiger charge is 2.05. The molecule has 0 aromatic heterocycles. The number of hydrogen-bond acceptors (Lipinski definition) is 3. The first-order chi connectivity index (χ1) is 11.7. The lowest BCUT2D eigenvalue weighted by Gasteiger charge is -2.08. The van der Waals surface area contributed by atoms with E-state index in [2.05, 4.69) is 13.5 Å². The van der Waals surface area contributed by atoms with Crippen LogP contribution in [0.2, 0.25) is 0 Å². The predicted octanol–water partition coefficient (Wildman–Crippen LogP) is 5.46. The van der Waals surface area contributed by atoms with Crippen molar-refractivity contribution < 1.29 is 14.6 Å². The highest BCUT2D eigenvalue weighted by molar-refractivity contribution is 5.83. The number of carbonyl (C=O) groups excluding carboxylic acids is 1. The molecule has 0 bridgehead atoms. The SMILES string of the molecule is C=CC(=O)Oc1ccccc1CCCCCCCCC.CCCO. The van der Waals surface area contributed by atoms with Crippen LogP contribution in [0.15, 0.2) is 36.9 Å². The molecular formula is C21H34O3. The van der Waals surface area contributed by atoms with Crippen LogP contribution in [-0.2, 0) is 11.2 Å². The summed E-state index contributed by atoms with van der Waals surface area (Å²) in [6.45, 7) is 7.91. The Bertz CT molecular complexity index is 438. The summed E-state index contributed by atoms with van der Waals surface area (Å²) in [6.07, 6.45) is 12.1. The minimum Gasteiger partial charge on any atom is -0.423 e. The van der Waals surface area contributed by atoms with Crippen LogP contribution in [0.4, 0.5) is 0 Å². The third kappa shape index (κ3) is 11.9. The maximum atomic E-state index is 11.3. The maximum Gasteiger partial charge on any atom is 0.335 e. The second-order valence-electron chi connectivity index (χ2n) is 5.83. The van der Waals surface area contributed by atoms with Crippen molar-refractivity contribution in [3.05, 3.63) is 42.5 Å². The van der Waals surface area contributed by atoms with Crippen LogP contribution in [0.5, 0.6) is 5.75 Å². The number of rotatable bonds is 11. The lowest BCUT2D eigenvalue weighted by molar-refractivity contribution is -0.129. The summed E-state index contributed by atoms with van der Waals surface area (Å²) < 4.78 is 5.25. The standard InChI is InChI=1S/C18H26O2.C3H8O/c1-3-5-6-7-8-9-10-13-16-14-11-12-15-17(16)20-18(19)4-2;1-2-3-4/h4,11-12,14-15H,2-3,5-10,13H2,1H3;4H,2-3H2,1H3. The van der Waals surface area contributed by atoms with Gasteiger partial charge >= 0.3 is 5.97 Å². The van der Waals surface area contributed by atoms with Crippen molar-refractivity contribution in [3.63, 3.8) is 0 Å². The van der Waals surface area contributed by atoms with E-state index in [1.54, 1.807) is 0 Å². The van der Waals surface area contributed by atoms with Crippen LogP contribution in [0.25, 0.3) is 0 Å². The fourth-order valence-electron chi connectivity index (χ4n) is 2.23. The van der Waals surface area contributed by atoms with Crippen molar-refractivity contribution >= 4 is 5.97 Å². The molecule has 0 unspecified atom stereocenters. The monoisotopic (exact) mass is 334 g/mol. The summed E-state index contributed by atoms with van der Waals surface area (Å²) in [5.41, 5.74) is 1.11. The van der Waals surface area contributed by atoms with E-state index in [4.69, 9.17) is 9.84 Å². The van der Waals surface area contributed by atoms with E-state index in [9.17, 15) is 4.79 Å². The van der Waals surface area contributed by atoms with Crippen LogP contribution in [-0.4, -0.2) is 17.7 Å². The fraction of sp³-hybridized carbons (Fsp3) is 0.571. The zero-order chi connectivity index (χ0) is 18.0. The van der Waals surface area contributed by atoms with Gasteiger partial charge in [0.25, 0.3) is 0 Å². The van der Waals surface area contributed by atoms with Gasteiger partial charge in [-0.15, -0.1) is 0 Å². The molecule has 0 radical (unpaired) electrons. The van der Waals surface area contributed by atoms with Crippen molar-refractivity contribution in [2.75, 3.05) is 6.61 Å². The number of ether oxygens (including phenoxy) is 1. The number of benzene rings is 1. The van der Waals surface area contributed by atoms with E-state index in [0.29, 0.717) is 12.4 Å². The highest BCUT2D eigenvalue weighted by Crippen LogP contribution is 2.21. The number of aryl methyl sites for hydroxylation is 1. The number of carbonyl (C=O) groups is 1. The molecule has 24 heavy (non-hydrogen) atoms. The number of para-hydroxylation sites is 1. The van der Waals surface area contributed by atoms with E-state index >= 15 is 0 Å². The number of aliphatic hydroxyl groups excluding tert-OH is 1. The first kappa shape index (κ1) is 22.4. The molecule has 0 fully saturated rings. The van der Waals surface area contributed by atoms with Gasteiger partial charge in [0.05, 0.1) is 0 Å². The van der Waals surface area contributed by atoms with Crippen LogP contribution in [0.1, 0.15) is 70.8 Å². The molecule has 136 valence electrons. The van der Waals surface area contributed by atoms with Crippen LogP contribution >= 0.6 is 0 Å². The van der Waals surface area contributed by atoms with E-state index in [-0.39, 0.29) is 0 Å². The van der Waals surface area contributed by atoms with Crippen molar-refractivity contribution in [2.45, 2.75) is 71.6 Å². The molecule has 0 heterocycles. The minimum atomic E-state index is -0.392. The maximum absolute atomic E-state index is 11.3. The molecule has 1 aromatic rings. The van der Waals surface area contributed by atoms with E-state index in [1.807, 2.05) is 31.2 Å². The van der Waals surface area contributed by atoms with Crippen LogP contribution in [0, 0.1) is 0 Å². The Morgan fingerprint density at radius 2 is 1.62 bits per heavy atom. The normalized spacial score (nSPS) is 9.79. The van der Waals surface area contributed by atoms with Crippen LogP contribution in [0.3, 0.4) is 0 Å². The molecule has 0 aliphatic rings. The van der Waals surface area contributed by atoms with Gasteiger partial charge in [-0.1, -0.05) is 77.2 Å². The second-order valence-corrected chi connectivity index (χ2v) is 5.83. The van der Waals surface area contributed by atoms with E-state index in [0.717, 1.165) is 24.8 Å². The molecular weight excluding hydrogens is 300 g/mol. The zero-order valence-corrected chi connectivity index (χ0v) is 15.4. The molecule has 0 atom stereocenters. The molecule has 3 nitrogen and oxygen atoms in total. The van der Waals surface area contributed by atoms with Gasteiger partial charge in [-0.25, -0.2) is 4.79 Å². The van der Waals surface area contributed by atoms with Crippen molar-refractivity contribution in [2.24, 2.45) is 0 Å². The van der Waals surface area contributed by atoms with Crippen LogP contribution < -0.4 is 4.74 Å². The summed E-state index contributed by atoms with van der Waals surface area (Å²) in [6, 6.07) is 7.75. The van der Waals surface area contributed by atoms with Gasteiger partial charge in [0.2, 0.25) is 0 Å². The van der Waals surface area contributed by atoms with E-state index < -0.39 is 5.97 Å². The third-order valence-corrected chi connectivity index (χ3v) is 3.62. The Morgan fingerprint density at radius 1 is 1.04 bits per heavy atom. The van der Waals surface area contributed by atoms with Gasteiger partial charge in [0, 0.05) is 12.7 Å². The number of unbranched alkanes of at least 4 members (excludes halogenated alkanes) is 6. The summed E-state index contributed by atoms with van der Waals surface area (Å²) in [5.74, 6) is 0.278. The van der Waals surface area contributed by atoms with Gasteiger partial charge in [0.1, 0.15) is 5.75 Å². The number of hydrogen-bond donors (Lipinski definition) is 1. The lowest BCUT2D eigenvalue weighted by atomic mass is 10.0. The quantitative estimate of drug-likeness (QED) is 0.253.